The second kappa shape index (κ2) is 3.39. The molecule has 2 heteroatoms. The van der Waals surface area contributed by atoms with Gasteiger partial charge in [-0.1, -0.05) is 18.1 Å². The van der Waals surface area contributed by atoms with Crippen LogP contribution in [0, 0.1) is 19.3 Å². The first-order chi connectivity index (χ1) is 6.81. The minimum absolute atomic E-state index is 0.886. The van der Waals surface area contributed by atoms with E-state index in [1.807, 2.05) is 31.2 Å². The molecule has 2 aromatic rings. The maximum absolute atomic E-state index is 5.33. The van der Waals surface area contributed by atoms with Gasteiger partial charge in [-0.3, -0.25) is 5.10 Å². The van der Waals surface area contributed by atoms with Crippen LogP contribution >= 0.6 is 0 Å². The molecule has 0 amide bonds. The molecule has 0 fully saturated rings. The van der Waals surface area contributed by atoms with E-state index in [-0.39, 0.29) is 0 Å². The normalized spacial score (nSPS) is 9.71. The number of H-pyrrole nitrogens is 1. The van der Waals surface area contributed by atoms with E-state index in [1.165, 1.54) is 0 Å². The molecule has 1 aromatic heterocycles. The molecule has 2 nitrogen and oxygen atoms in total. The number of aryl methyl sites for hydroxylation is 1. The van der Waals surface area contributed by atoms with Crippen molar-refractivity contribution in [2.45, 2.75) is 6.92 Å². The predicted octanol–water partition coefficient (Wildman–Crippen LogP) is 2.37. The number of nitrogens with one attached hydrogen (secondary N) is 1. The van der Waals surface area contributed by atoms with Gasteiger partial charge in [-0.25, -0.2) is 0 Å². The van der Waals surface area contributed by atoms with Crippen molar-refractivity contribution in [3.05, 3.63) is 41.6 Å². The van der Waals surface area contributed by atoms with Crippen LogP contribution in [0.5, 0.6) is 0 Å². The van der Waals surface area contributed by atoms with Crippen molar-refractivity contribution in [1.82, 2.24) is 10.2 Å². The van der Waals surface area contributed by atoms with Crippen LogP contribution in [0.3, 0.4) is 0 Å². The molecule has 0 saturated heterocycles. The Morgan fingerprint density at radius 1 is 1.43 bits per heavy atom. The van der Waals surface area contributed by atoms with Crippen LogP contribution in [-0.4, -0.2) is 10.2 Å². The molecule has 1 N–H and O–H groups in total. The molecule has 14 heavy (non-hydrogen) atoms. The van der Waals surface area contributed by atoms with Gasteiger partial charge in [-0.05, 0) is 24.6 Å². The van der Waals surface area contributed by atoms with E-state index in [4.69, 9.17) is 6.42 Å². The molecule has 0 spiro atoms. The van der Waals surface area contributed by atoms with E-state index in [1.54, 1.807) is 6.20 Å². The topological polar surface area (TPSA) is 28.7 Å². The summed E-state index contributed by atoms with van der Waals surface area (Å²) in [6.07, 6.45) is 7.14. The van der Waals surface area contributed by atoms with Crippen molar-refractivity contribution in [2.24, 2.45) is 0 Å². The smallest absolute Gasteiger partial charge is 0.0679 e. The fraction of sp³-hybridized carbons (Fsp3) is 0.0833. The van der Waals surface area contributed by atoms with Gasteiger partial charge >= 0.3 is 0 Å². The van der Waals surface area contributed by atoms with Gasteiger partial charge in [0.15, 0.2) is 0 Å². The van der Waals surface area contributed by atoms with E-state index in [2.05, 4.69) is 16.1 Å². The van der Waals surface area contributed by atoms with Gasteiger partial charge in [-0.15, -0.1) is 6.42 Å². The van der Waals surface area contributed by atoms with Gasteiger partial charge in [0, 0.05) is 11.1 Å². The third-order valence-electron chi connectivity index (χ3n) is 2.15. The Morgan fingerprint density at radius 2 is 2.29 bits per heavy atom. The Morgan fingerprint density at radius 3 is 2.93 bits per heavy atom. The fourth-order valence-corrected chi connectivity index (χ4v) is 1.40. The van der Waals surface area contributed by atoms with E-state index in [0.717, 1.165) is 22.4 Å². The Balaban J connectivity index is 2.53. The van der Waals surface area contributed by atoms with Crippen molar-refractivity contribution < 1.29 is 0 Å². The molecule has 0 radical (unpaired) electrons. The first-order valence-electron chi connectivity index (χ1n) is 4.38. The standard InChI is InChI=1S/C12H10N2/c1-3-10-5-4-6-11(7-10)12-9(2)8-13-14-12/h1,4-8H,2H3,(H,13,14). The minimum Gasteiger partial charge on any atom is -0.278 e. The summed E-state index contributed by atoms with van der Waals surface area (Å²) < 4.78 is 0. The first kappa shape index (κ1) is 8.58. The zero-order chi connectivity index (χ0) is 9.97. The third-order valence-corrected chi connectivity index (χ3v) is 2.15. The number of rotatable bonds is 1. The molecule has 0 aliphatic carbocycles. The van der Waals surface area contributed by atoms with Crippen molar-refractivity contribution >= 4 is 0 Å². The maximum Gasteiger partial charge on any atom is 0.0679 e. The van der Waals surface area contributed by atoms with E-state index >= 15 is 0 Å². The van der Waals surface area contributed by atoms with Crippen molar-refractivity contribution in [3.8, 4) is 23.6 Å². The Labute approximate surface area is 83.0 Å². The number of terminal acetylenes is 1. The predicted molar refractivity (Wildman–Crippen MR) is 56.7 cm³/mol. The van der Waals surface area contributed by atoms with Gasteiger partial charge in [0.05, 0.1) is 11.9 Å². The zero-order valence-corrected chi connectivity index (χ0v) is 7.91. The average Bonchev–Trinajstić information content (AvgIpc) is 2.65. The summed E-state index contributed by atoms with van der Waals surface area (Å²) in [5.74, 6) is 2.61. The number of hydrogen-bond donors (Lipinski definition) is 1. The van der Waals surface area contributed by atoms with E-state index in [0.29, 0.717) is 0 Å². The van der Waals surface area contributed by atoms with Gasteiger partial charge < -0.3 is 0 Å². The Bertz CT molecular complexity index is 489. The maximum atomic E-state index is 5.33. The second-order valence-electron chi connectivity index (χ2n) is 3.15. The average molecular weight is 182 g/mol. The van der Waals surface area contributed by atoms with E-state index in [9.17, 15) is 0 Å². The monoisotopic (exact) mass is 182 g/mol. The molecule has 0 bridgehead atoms. The lowest BCUT2D eigenvalue weighted by Crippen LogP contribution is -1.82. The molecule has 0 aliphatic rings. The lowest BCUT2D eigenvalue weighted by atomic mass is 10.1. The van der Waals surface area contributed by atoms with Gasteiger partial charge in [0.1, 0.15) is 0 Å². The molecular formula is C12H10N2. The highest BCUT2D eigenvalue weighted by Crippen LogP contribution is 2.20. The highest BCUT2D eigenvalue weighted by atomic mass is 15.1. The van der Waals surface area contributed by atoms with Gasteiger partial charge in [0.25, 0.3) is 0 Å². The first-order valence-corrected chi connectivity index (χ1v) is 4.38. The fourth-order valence-electron chi connectivity index (χ4n) is 1.40. The quantitative estimate of drug-likeness (QED) is 0.674. The summed E-state index contributed by atoms with van der Waals surface area (Å²) in [4.78, 5) is 0. The second-order valence-corrected chi connectivity index (χ2v) is 3.15. The Hall–Kier alpha value is -2.01. The van der Waals surface area contributed by atoms with Crippen LogP contribution < -0.4 is 0 Å². The number of hydrogen-bond acceptors (Lipinski definition) is 1. The zero-order valence-electron chi connectivity index (χ0n) is 7.91. The summed E-state index contributed by atoms with van der Waals surface area (Å²) in [6.45, 7) is 2.02. The van der Waals surface area contributed by atoms with Crippen LogP contribution in [-0.2, 0) is 0 Å². The molecule has 1 heterocycles. The van der Waals surface area contributed by atoms with Gasteiger partial charge in [0.2, 0.25) is 0 Å². The lowest BCUT2D eigenvalue weighted by molar-refractivity contribution is 1.10. The molecule has 68 valence electrons. The summed E-state index contributed by atoms with van der Waals surface area (Å²) in [5.41, 5.74) is 4.12. The summed E-state index contributed by atoms with van der Waals surface area (Å²) in [7, 11) is 0. The number of benzene rings is 1. The molecule has 0 aliphatic heterocycles. The molecule has 0 atom stereocenters. The SMILES string of the molecule is C#Cc1cccc(-c2[nH]ncc2C)c1. The minimum atomic E-state index is 0.886. The van der Waals surface area contributed by atoms with Crippen molar-refractivity contribution in [3.63, 3.8) is 0 Å². The number of aromatic nitrogens is 2. The van der Waals surface area contributed by atoms with E-state index < -0.39 is 0 Å². The molecule has 2 rings (SSSR count). The van der Waals surface area contributed by atoms with Crippen LogP contribution in [0.15, 0.2) is 30.5 Å². The van der Waals surface area contributed by atoms with Crippen molar-refractivity contribution in [2.75, 3.05) is 0 Å². The van der Waals surface area contributed by atoms with Crippen molar-refractivity contribution in [1.29, 1.82) is 0 Å². The highest BCUT2D eigenvalue weighted by Gasteiger charge is 2.03. The molecular weight excluding hydrogens is 172 g/mol. The highest BCUT2D eigenvalue weighted by molar-refractivity contribution is 5.64. The van der Waals surface area contributed by atoms with Crippen LogP contribution in [0.25, 0.3) is 11.3 Å². The lowest BCUT2D eigenvalue weighted by Gasteiger charge is -1.99. The van der Waals surface area contributed by atoms with Crippen LogP contribution in [0.2, 0.25) is 0 Å². The summed E-state index contributed by atoms with van der Waals surface area (Å²) >= 11 is 0. The molecule has 0 saturated carbocycles. The largest absolute Gasteiger partial charge is 0.278 e. The third kappa shape index (κ3) is 1.40. The summed E-state index contributed by atoms with van der Waals surface area (Å²) in [6, 6.07) is 7.85. The van der Waals surface area contributed by atoms with Gasteiger partial charge in [-0.2, -0.15) is 5.10 Å². The summed E-state index contributed by atoms with van der Waals surface area (Å²) in [5, 5.41) is 6.93. The molecule has 0 unspecified atom stereocenters. The number of aromatic amines is 1. The Kier molecular flexibility index (Phi) is 2.08. The molecule has 1 aromatic carbocycles. The van der Waals surface area contributed by atoms with Crippen LogP contribution in [0.4, 0.5) is 0 Å². The van der Waals surface area contributed by atoms with Crippen LogP contribution in [0.1, 0.15) is 11.1 Å². The number of nitrogens with zero attached hydrogens (tertiary/aromatic N) is 1.